The lowest BCUT2D eigenvalue weighted by molar-refractivity contribution is -0.153. The largest absolute Gasteiger partial charge is 0.479 e. The second kappa shape index (κ2) is 3.22. The highest BCUT2D eigenvalue weighted by molar-refractivity contribution is 6.06. The lowest BCUT2D eigenvalue weighted by Gasteiger charge is -2.31. The number of hydrogen-bond donors (Lipinski definition) is 2. The van der Waals surface area contributed by atoms with Crippen LogP contribution in [0.25, 0.3) is 0 Å². The summed E-state index contributed by atoms with van der Waals surface area (Å²) < 4.78 is 0. The average molecular weight is 212 g/mol. The summed E-state index contributed by atoms with van der Waals surface area (Å²) in [6, 6.07) is -0.579. The van der Waals surface area contributed by atoms with Crippen LogP contribution in [0.1, 0.15) is 25.7 Å². The standard InChI is InChI=1S/C9H12N2O4/c12-6-5-10-8(15)11(6)9(7(13)14)3-1-2-4-9/h1-5H2,(H,10,15)(H,13,14). The highest BCUT2D eigenvalue weighted by atomic mass is 16.4. The van der Waals surface area contributed by atoms with E-state index in [-0.39, 0.29) is 6.54 Å². The van der Waals surface area contributed by atoms with Crippen molar-refractivity contribution in [2.45, 2.75) is 31.2 Å². The molecule has 2 fully saturated rings. The molecule has 1 aliphatic heterocycles. The van der Waals surface area contributed by atoms with Gasteiger partial charge < -0.3 is 10.4 Å². The Morgan fingerprint density at radius 3 is 2.33 bits per heavy atom. The van der Waals surface area contributed by atoms with Crippen molar-refractivity contribution < 1.29 is 19.5 Å². The van der Waals surface area contributed by atoms with Gasteiger partial charge in [0.2, 0.25) is 0 Å². The summed E-state index contributed by atoms with van der Waals surface area (Å²) in [6.07, 6.45) is 2.20. The molecule has 0 atom stereocenters. The molecule has 1 heterocycles. The van der Waals surface area contributed by atoms with Crippen LogP contribution in [0, 0.1) is 0 Å². The van der Waals surface area contributed by atoms with Gasteiger partial charge in [-0.15, -0.1) is 0 Å². The molecule has 0 aromatic carbocycles. The fraction of sp³-hybridized carbons (Fsp3) is 0.667. The summed E-state index contributed by atoms with van der Waals surface area (Å²) in [6.45, 7) is -0.0894. The van der Waals surface area contributed by atoms with Crippen LogP contribution >= 0.6 is 0 Å². The zero-order valence-electron chi connectivity index (χ0n) is 8.15. The normalized spacial score (nSPS) is 24.4. The number of hydrogen-bond acceptors (Lipinski definition) is 3. The molecular formula is C9H12N2O4. The molecule has 0 aromatic heterocycles. The Bertz CT molecular complexity index is 317. The minimum absolute atomic E-state index is 0.0894. The third-order valence-electron chi connectivity index (χ3n) is 3.10. The number of urea groups is 1. The van der Waals surface area contributed by atoms with E-state index in [1.54, 1.807) is 0 Å². The molecule has 0 unspecified atom stereocenters. The SMILES string of the molecule is O=C1CNC(=O)N1C1(C(=O)O)CCCC1. The summed E-state index contributed by atoms with van der Waals surface area (Å²) in [4.78, 5) is 35.0. The Kier molecular flexibility index (Phi) is 2.13. The Morgan fingerprint density at radius 2 is 1.93 bits per heavy atom. The molecule has 1 saturated carbocycles. The van der Waals surface area contributed by atoms with Gasteiger partial charge in [0.25, 0.3) is 5.91 Å². The fourth-order valence-electron chi connectivity index (χ4n) is 2.35. The van der Waals surface area contributed by atoms with Crippen molar-refractivity contribution in [2.75, 3.05) is 6.54 Å². The van der Waals surface area contributed by atoms with Crippen LogP contribution in [0.5, 0.6) is 0 Å². The molecule has 0 radical (unpaired) electrons. The van der Waals surface area contributed by atoms with Crippen LogP contribution in [-0.2, 0) is 9.59 Å². The third-order valence-corrected chi connectivity index (χ3v) is 3.10. The van der Waals surface area contributed by atoms with Crippen LogP contribution in [0.3, 0.4) is 0 Å². The van der Waals surface area contributed by atoms with Gasteiger partial charge in [-0.1, -0.05) is 12.8 Å². The molecule has 0 spiro atoms. The van der Waals surface area contributed by atoms with Gasteiger partial charge >= 0.3 is 12.0 Å². The molecule has 0 aromatic rings. The Morgan fingerprint density at radius 1 is 1.33 bits per heavy atom. The Labute approximate surface area is 86.2 Å². The number of rotatable bonds is 2. The van der Waals surface area contributed by atoms with Crippen molar-refractivity contribution in [3.63, 3.8) is 0 Å². The molecule has 1 aliphatic carbocycles. The van der Waals surface area contributed by atoms with Gasteiger partial charge in [0.05, 0.1) is 6.54 Å². The molecule has 15 heavy (non-hydrogen) atoms. The van der Waals surface area contributed by atoms with E-state index in [2.05, 4.69) is 5.32 Å². The van der Waals surface area contributed by atoms with E-state index < -0.39 is 23.4 Å². The van der Waals surface area contributed by atoms with E-state index in [0.717, 1.165) is 17.7 Å². The topological polar surface area (TPSA) is 86.7 Å². The summed E-state index contributed by atoms with van der Waals surface area (Å²) in [5.41, 5.74) is -1.29. The van der Waals surface area contributed by atoms with E-state index in [1.165, 1.54) is 0 Å². The number of amides is 3. The van der Waals surface area contributed by atoms with Gasteiger partial charge in [-0.3, -0.25) is 4.79 Å². The zero-order valence-corrected chi connectivity index (χ0v) is 8.15. The minimum Gasteiger partial charge on any atom is -0.479 e. The van der Waals surface area contributed by atoms with E-state index >= 15 is 0 Å². The number of carboxylic acid groups (broad SMARTS) is 1. The fourth-order valence-corrected chi connectivity index (χ4v) is 2.35. The highest BCUT2D eigenvalue weighted by Crippen LogP contribution is 2.36. The van der Waals surface area contributed by atoms with Gasteiger partial charge in [0.15, 0.2) is 0 Å². The summed E-state index contributed by atoms with van der Waals surface area (Å²) in [7, 11) is 0. The maximum Gasteiger partial charge on any atom is 0.330 e. The summed E-state index contributed by atoms with van der Waals surface area (Å²) in [5, 5.41) is 11.5. The second-order valence-electron chi connectivity index (χ2n) is 3.93. The number of carboxylic acids is 1. The number of nitrogens with one attached hydrogen (secondary N) is 1. The Balaban J connectivity index is 2.36. The summed E-state index contributed by atoms with van der Waals surface area (Å²) >= 11 is 0. The number of carbonyl (C=O) groups excluding carboxylic acids is 2. The molecule has 0 bridgehead atoms. The van der Waals surface area contributed by atoms with Crippen LogP contribution in [0.2, 0.25) is 0 Å². The monoisotopic (exact) mass is 212 g/mol. The number of nitrogens with zero attached hydrogens (tertiary/aromatic N) is 1. The zero-order chi connectivity index (χ0) is 11.1. The predicted octanol–water partition coefficient (Wildman–Crippen LogP) is -0.0644. The van der Waals surface area contributed by atoms with Crippen LogP contribution in [0.15, 0.2) is 0 Å². The van der Waals surface area contributed by atoms with Crippen LogP contribution in [0.4, 0.5) is 4.79 Å². The highest BCUT2D eigenvalue weighted by Gasteiger charge is 2.53. The molecule has 2 N–H and O–H groups in total. The van der Waals surface area contributed by atoms with Crippen molar-refractivity contribution in [3.05, 3.63) is 0 Å². The molecule has 6 heteroatoms. The van der Waals surface area contributed by atoms with Crippen molar-refractivity contribution >= 4 is 17.9 Å². The first-order valence-corrected chi connectivity index (χ1v) is 4.92. The molecule has 2 rings (SSSR count). The van der Waals surface area contributed by atoms with E-state index in [1.807, 2.05) is 0 Å². The third kappa shape index (κ3) is 1.28. The predicted molar refractivity (Wildman–Crippen MR) is 49.1 cm³/mol. The Hall–Kier alpha value is -1.59. The van der Waals surface area contributed by atoms with Gasteiger partial charge in [0.1, 0.15) is 5.54 Å². The molecule has 82 valence electrons. The minimum atomic E-state index is -1.29. The molecule has 3 amide bonds. The van der Waals surface area contributed by atoms with Gasteiger partial charge in [-0.05, 0) is 12.8 Å². The van der Waals surface area contributed by atoms with Crippen LogP contribution < -0.4 is 5.32 Å². The van der Waals surface area contributed by atoms with Crippen molar-refractivity contribution in [1.82, 2.24) is 10.2 Å². The first-order valence-electron chi connectivity index (χ1n) is 4.92. The van der Waals surface area contributed by atoms with Crippen LogP contribution in [-0.4, -0.2) is 40.0 Å². The molecule has 6 nitrogen and oxygen atoms in total. The molecule has 2 aliphatic rings. The van der Waals surface area contributed by atoms with Crippen molar-refractivity contribution in [2.24, 2.45) is 0 Å². The van der Waals surface area contributed by atoms with E-state index in [4.69, 9.17) is 0 Å². The smallest absolute Gasteiger partial charge is 0.330 e. The molecule has 1 saturated heterocycles. The molecular weight excluding hydrogens is 200 g/mol. The summed E-state index contributed by atoms with van der Waals surface area (Å²) in [5.74, 6) is -1.52. The van der Waals surface area contributed by atoms with E-state index in [9.17, 15) is 19.5 Å². The number of imide groups is 1. The van der Waals surface area contributed by atoms with Gasteiger partial charge in [0, 0.05) is 0 Å². The first-order chi connectivity index (χ1) is 7.08. The second-order valence-corrected chi connectivity index (χ2v) is 3.93. The number of aliphatic carboxylic acids is 1. The number of carbonyl (C=O) groups is 3. The van der Waals surface area contributed by atoms with Gasteiger partial charge in [-0.2, -0.15) is 0 Å². The maximum absolute atomic E-state index is 11.5. The van der Waals surface area contributed by atoms with Gasteiger partial charge in [-0.25, -0.2) is 14.5 Å². The van der Waals surface area contributed by atoms with E-state index in [0.29, 0.717) is 12.8 Å². The lowest BCUT2D eigenvalue weighted by atomic mass is 9.95. The lowest BCUT2D eigenvalue weighted by Crippen LogP contribution is -2.55. The van der Waals surface area contributed by atoms with Crippen molar-refractivity contribution in [3.8, 4) is 0 Å². The first kappa shape index (κ1) is 9.95. The quantitative estimate of drug-likeness (QED) is 0.627. The van der Waals surface area contributed by atoms with Crippen molar-refractivity contribution in [1.29, 1.82) is 0 Å². The average Bonchev–Trinajstić information content (AvgIpc) is 2.74. The maximum atomic E-state index is 11.5.